The maximum Gasteiger partial charge on any atom is 0.325 e. The molecule has 116 valence electrons. The summed E-state index contributed by atoms with van der Waals surface area (Å²) in [5.41, 5.74) is -1.94. The number of nitrogens with zero attached hydrogens (tertiary/aromatic N) is 1. The topological polar surface area (TPSA) is 112 Å². The van der Waals surface area contributed by atoms with Gasteiger partial charge in [0.05, 0.1) is 19.0 Å². The van der Waals surface area contributed by atoms with E-state index in [4.69, 9.17) is 0 Å². The molecule has 0 aromatic carbocycles. The van der Waals surface area contributed by atoms with E-state index in [0.717, 1.165) is 4.90 Å². The summed E-state index contributed by atoms with van der Waals surface area (Å²) in [6.07, 6.45) is 3.06. The lowest BCUT2D eigenvalue weighted by molar-refractivity contribution is -0.166. The fourth-order valence-electron chi connectivity index (χ4n) is 2.33. The fourth-order valence-corrected chi connectivity index (χ4v) is 2.33. The number of carbonyl (C=O) groups excluding carboxylic acids is 2. The molecule has 0 amide bonds. The van der Waals surface area contributed by atoms with Crippen molar-refractivity contribution < 1.29 is 29.4 Å². The Labute approximate surface area is 122 Å². The lowest BCUT2D eigenvalue weighted by atomic mass is 9.77. The number of carboxylic acid groups (broad SMARTS) is 2. The molecule has 0 fully saturated rings. The maximum absolute atomic E-state index is 11.8. The van der Waals surface area contributed by atoms with Gasteiger partial charge in [0.1, 0.15) is 18.1 Å². The molecule has 0 bridgehead atoms. The van der Waals surface area contributed by atoms with Crippen LogP contribution in [0.2, 0.25) is 0 Å². The first-order valence-electron chi connectivity index (χ1n) is 6.22. The van der Waals surface area contributed by atoms with Crippen molar-refractivity contribution in [3.63, 3.8) is 0 Å². The van der Waals surface area contributed by atoms with E-state index in [1.165, 1.54) is 12.2 Å². The molecule has 0 saturated carbocycles. The number of hydrogen-bond acceptors (Lipinski definition) is 5. The predicted molar refractivity (Wildman–Crippen MR) is 74.8 cm³/mol. The molecule has 0 radical (unpaired) electrons. The molecule has 7 heteroatoms. The third-order valence-electron chi connectivity index (χ3n) is 3.26. The molecule has 0 aliphatic heterocycles. The van der Waals surface area contributed by atoms with Crippen LogP contribution >= 0.6 is 0 Å². The fraction of sp³-hybridized carbons (Fsp3) is 0.429. The SMILES string of the molecule is C=CCC(C(=O)O)[C@@](CC=C)(C(=O)O)N(CC=O)CC=O. The molecule has 0 aromatic rings. The van der Waals surface area contributed by atoms with E-state index in [9.17, 15) is 29.4 Å². The molecule has 0 spiro atoms. The van der Waals surface area contributed by atoms with Crippen LogP contribution in [0.4, 0.5) is 0 Å². The molecule has 2 N–H and O–H groups in total. The van der Waals surface area contributed by atoms with E-state index < -0.39 is 23.4 Å². The van der Waals surface area contributed by atoms with Crippen LogP contribution in [0.3, 0.4) is 0 Å². The molecular weight excluding hydrogens is 278 g/mol. The van der Waals surface area contributed by atoms with Gasteiger partial charge in [0.15, 0.2) is 0 Å². The van der Waals surface area contributed by atoms with E-state index >= 15 is 0 Å². The first-order chi connectivity index (χ1) is 9.92. The minimum absolute atomic E-state index is 0.121. The quantitative estimate of drug-likeness (QED) is 0.395. The number of aliphatic carboxylic acids is 2. The monoisotopic (exact) mass is 297 g/mol. The summed E-state index contributed by atoms with van der Waals surface area (Å²) in [6.45, 7) is 6.12. The standard InChI is InChI=1S/C14H19NO6/c1-3-5-11(12(18)19)14(6-4-2,13(20)21)15(7-9-16)8-10-17/h3-4,9-11H,1-2,5-8H2,(H,18,19)(H,20,21)/t11?,14-/m0/s1. The van der Waals surface area contributed by atoms with Crippen molar-refractivity contribution in [3.05, 3.63) is 25.3 Å². The highest BCUT2D eigenvalue weighted by Crippen LogP contribution is 2.33. The van der Waals surface area contributed by atoms with Crippen molar-refractivity contribution in [1.82, 2.24) is 4.90 Å². The van der Waals surface area contributed by atoms with Crippen molar-refractivity contribution in [2.75, 3.05) is 13.1 Å². The van der Waals surface area contributed by atoms with Gasteiger partial charge in [-0.3, -0.25) is 14.5 Å². The van der Waals surface area contributed by atoms with Crippen molar-refractivity contribution >= 4 is 24.5 Å². The second-order valence-electron chi connectivity index (χ2n) is 4.38. The van der Waals surface area contributed by atoms with Gasteiger partial charge in [-0.15, -0.1) is 13.2 Å². The summed E-state index contributed by atoms with van der Waals surface area (Å²) in [4.78, 5) is 45.9. The van der Waals surface area contributed by atoms with Crippen LogP contribution in [0, 0.1) is 5.92 Å². The molecule has 0 saturated heterocycles. The molecule has 0 aromatic heterocycles. The summed E-state index contributed by atoms with van der Waals surface area (Å²) in [6, 6.07) is 0. The number of allylic oxidation sites excluding steroid dienone is 1. The van der Waals surface area contributed by atoms with Crippen LogP contribution in [-0.4, -0.2) is 58.3 Å². The third kappa shape index (κ3) is 4.09. The second kappa shape index (κ2) is 8.80. The Bertz CT molecular complexity index is 423. The van der Waals surface area contributed by atoms with Crippen LogP contribution in [0.15, 0.2) is 25.3 Å². The second-order valence-corrected chi connectivity index (χ2v) is 4.38. The number of hydrogen-bond donors (Lipinski definition) is 2. The number of rotatable bonds is 12. The van der Waals surface area contributed by atoms with Gasteiger partial charge in [-0.25, -0.2) is 0 Å². The highest BCUT2D eigenvalue weighted by molar-refractivity contribution is 5.88. The summed E-state index contributed by atoms with van der Waals surface area (Å²) < 4.78 is 0. The van der Waals surface area contributed by atoms with Gasteiger partial charge >= 0.3 is 11.9 Å². The first kappa shape index (κ1) is 18.7. The van der Waals surface area contributed by atoms with E-state index in [1.54, 1.807) is 0 Å². The molecule has 7 nitrogen and oxygen atoms in total. The van der Waals surface area contributed by atoms with Gasteiger partial charge in [-0.1, -0.05) is 12.2 Å². The van der Waals surface area contributed by atoms with E-state index in [1.807, 2.05) is 0 Å². The number of carboxylic acids is 2. The summed E-state index contributed by atoms with van der Waals surface area (Å²) in [5, 5.41) is 19.0. The Morgan fingerprint density at radius 1 is 1.10 bits per heavy atom. The summed E-state index contributed by atoms with van der Waals surface area (Å²) in [5.74, 6) is -4.15. The first-order valence-corrected chi connectivity index (χ1v) is 6.22. The number of carbonyl (C=O) groups is 4. The third-order valence-corrected chi connectivity index (χ3v) is 3.26. The molecule has 0 aliphatic carbocycles. The largest absolute Gasteiger partial charge is 0.481 e. The van der Waals surface area contributed by atoms with E-state index in [2.05, 4.69) is 13.2 Å². The zero-order valence-electron chi connectivity index (χ0n) is 11.6. The number of aldehydes is 2. The minimum Gasteiger partial charge on any atom is -0.481 e. The molecule has 1 unspecified atom stereocenters. The smallest absolute Gasteiger partial charge is 0.325 e. The Morgan fingerprint density at radius 2 is 1.62 bits per heavy atom. The highest BCUT2D eigenvalue weighted by Gasteiger charge is 2.52. The molecule has 2 atom stereocenters. The van der Waals surface area contributed by atoms with Crippen molar-refractivity contribution in [2.24, 2.45) is 5.92 Å². The zero-order chi connectivity index (χ0) is 16.5. The van der Waals surface area contributed by atoms with Crippen LogP contribution in [0.25, 0.3) is 0 Å². The molecular formula is C14H19NO6. The average Bonchev–Trinajstić information content (AvgIpc) is 2.42. The lowest BCUT2D eigenvalue weighted by Gasteiger charge is -2.41. The normalized spacial score (nSPS) is 14.7. The average molecular weight is 297 g/mol. The van der Waals surface area contributed by atoms with Crippen LogP contribution in [0.5, 0.6) is 0 Å². The molecule has 0 aliphatic rings. The van der Waals surface area contributed by atoms with Gasteiger partial charge in [0.25, 0.3) is 0 Å². The Kier molecular flexibility index (Phi) is 7.85. The Morgan fingerprint density at radius 3 is 1.90 bits per heavy atom. The summed E-state index contributed by atoms with van der Waals surface area (Å²) >= 11 is 0. The maximum atomic E-state index is 11.8. The molecule has 0 heterocycles. The van der Waals surface area contributed by atoms with Gasteiger partial charge in [-0.05, 0) is 12.8 Å². The van der Waals surface area contributed by atoms with Gasteiger partial charge in [0, 0.05) is 0 Å². The van der Waals surface area contributed by atoms with Crippen LogP contribution in [-0.2, 0) is 19.2 Å². The van der Waals surface area contributed by atoms with Gasteiger partial charge in [-0.2, -0.15) is 0 Å². The van der Waals surface area contributed by atoms with Crippen molar-refractivity contribution in [2.45, 2.75) is 18.4 Å². The van der Waals surface area contributed by atoms with Gasteiger partial charge < -0.3 is 19.8 Å². The van der Waals surface area contributed by atoms with Crippen LogP contribution in [0.1, 0.15) is 12.8 Å². The molecule has 0 rings (SSSR count). The van der Waals surface area contributed by atoms with E-state index in [0.29, 0.717) is 12.6 Å². The Balaban J connectivity index is 6.11. The summed E-state index contributed by atoms with van der Waals surface area (Å²) in [7, 11) is 0. The molecule has 21 heavy (non-hydrogen) atoms. The highest BCUT2D eigenvalue weighted by atomic mass is 16.4. The lowest BCUT2D eigenvalue weighted by Crippen LogP contribution is -2.62. The van der Waals surface area contributed by atoms with Crippen molar-refractivity contribution in [1.29, 1.82) is 0 Å². The minimum atomic E-state index is -1.94. The Hall–Kier alpha value is -2.28. The van der Waals surface area contributed by atoms with E-state index in [-0.39, 0.29) is 25.9 Å². The van der Waals surface area contributed by atoms with Crippen LogP contribution < -0.4 is 0 Å². The predicted octanol–water partition coefficient (Wildman–Crippen LogP) is 0.363. The van der Waals surface area contributed by atoms with Gasteiger partial charge in [0.2, 0.25) is 0 Å². The van der Waals surface area contributed by atoms with Crippen molar-refractivity contribution in [3.8, 4) is 0 Å². The zero-order valence-corrected chi connectivity index (χ0v) is 11.6.